The van der Waals surface area contributed by atoms with Gasteiger partial charge in [0.05, 0.1) is 36.4 Å². The van der Waals surface area contributed by atoms with Crippen LogP contribution in [0.1, 0.15) is 17.2 Å². The molecule has 0 aromatic heterocycles. The number of aliphatic hydroxyl groups excluding tert-OH is 1. The fraction of sp³-hybridized carbons (Fsp3) is 0.385. The van der Waals surface area contributed by atoms with Gasteiger partial charge in [-0.15, -0.1) is 0 Å². The predicted octanol–water partition coefficient (Wildman–Crippen LogP) is 2.69. The first-order valence-electron chi connectivity index (χ1n) is 11.9. The number of carbonyl (C=O) groups excluding carboxylic acids is 2. The molecule has 0 bridgehead atoms. The number of ketones is 1. The highest BCUT2D eigenvalue weighted by molar-refractivity contribution is 9.10. The van der Waals surface area contributed by atoms with Crippen molar-refractivity contribution in [3.8, 4) is 23.0 Å². The molecule has 37 heavy (non-hydrogen) atoms. The van der Waals surface area contributed by atoms with Crippen molar-refractivity contribution in [3.63, 3.8) is 0 Å². The normalized spacial score (nSPS) is 21.4. The van der Waals surface area contributed by atoms with Crippen molar-refractivity contribution in [2.45, 2.75) is 6.04 Å². The molecule has 1 amide bonds. The van der Waals surface area contributed by atoms with E-state index in [2.05, 4.69) is 20.8 Å². The molecule has 1 unspecified atom stereocenters. The number of likely N-dealkylation sites (tertiary alicyclic amines) is 1. The number of carbonyl (C=O) groups is 2. The lowest BCUT2D eigenvalue weighted by Crippen LogP contribution is -2.42. The monoisotopic (exact) mass is 574 g/mol. The van der Waals surface area contributed by atoms with Crippen LogP contribution in [0.3, 0.4) is 0 Å². The van der Waals surface area contributed by atoms with E-state index in [9.17, 15) is 19.8 Å². The van der Waals surface area contributed by atoms with Crippen molar-refractivity contribution in [1.29, 1.82) is 0 Å². The highest BCUT2D eigenvalue weighted by Gasteiger charge is 2.46. The fourth-order valence-corrected chi connectivity index (χ4v) is 5.24. The number of methoxy groups -OCH3 is 1. The third-order valence-corrected chi connectivity index (χ3v) is 7.31. The zero-order chi connectivity index (χ0) is 26.1. The van der Waals surface area contributed by atoms with Gasteiger partial charge < -0.3 is 34.1 Å². The molecule has 2 fully saturated rings. The number of nitrogens with zero attached hydrogens (tertiary/aromatic N) is 2. The molecule has 3 heterocycles. The molecule has 2 saturated heterocycles. The Morgan fingerprint density at radius 3 is 2.51 bits per heavy atom. The number of amides is 1. The molecular weight excluding hydrogens is 548 g/mol. The highest BCUT2D eigenvalue weighted by Crippen LogP contribution is 2.45. The summed E-state index contributed by atoms with van der Waals surface area (Å²) in [6.07, 6.45) is 0. The summed E-state index contributed by atoms with van der Waals surface area (Å²) in [4.78, 5) is 30.3. The van der Waals surface area contributed by atoms with Gasteiger partial charge in [0, 0.05) is 31.7 Å². The number of phenolic OH excluding ortho intramolecular Hbond substituents is 1. The van der Waals surface area contributed by atoms with E-state index >= 15 is 0 Å². The number of phenols is 1. The topological polar surface area (TPSA) is 118 Å². The van der Waals surface area contributed by atoms with Crippen LogP contribution in [0.4, 0.5) is 0 Å². The molecule has 11 heteroatoms. The third kappa shape index (κ3) is 4.86. The van der Waals surface area contributed by atoms with Gasteiger partial charge in [0.25, 0.3) is 11.7 Å². The molecule has 3 aliphatic heterocycles. The minimum absolute atomic E-state index is 0.0525. The summed E-state index contributed by atoms with van der Waals surface area (Å²) < 4.78 is 22.3. The lowest BCUT2D eigenvalue weighted by molar-refractivity contribution is -0.140. The lowest BCUT2D eigenvalue weighted by atomic mass is 9.94. The summed E-state index contributed by atoms with van der Waals surface area (Å²) in [5.41, 5.74) is 0.773. The summed E-state index contributed by atoms with van der Waals surface area (Å²) in [7, 11) is 1.41. The second-order valence-electron chi connectivity index (χ2n) is 8.86. The summed E-state index contributed by atoms with van der Waals surface area (Å²) in [5.74, 6) is -0.772. The van der Waals surface area contributed by atoms with Gasteiger partial charge in [0.1, 0.15) is 19.0 Å². The number of ether oxygens (including phenoxy) is 4. The number of aliphatic hydroxyl groups is 1. The maximum absolute atomic E-state index is 13.4. The number of hydrogen-bond donors (Lipinski definition) is 2. The van der Waals surface area contributed by atoms with E-state index < -0.39 is 17.7 Å². The molecule has 2 aromatic rings. The Hall–Kier alpha value is -3.28. The van der Waals surface area contributed by atoms with Crippen LogP contribution in [-0.2, 0) is 14.3 Å². The summed E-state index contributed by atoms with van der Waals surface area (Å²) in [6.45, 7) is 4.24. The van der Waals surface area contributed by atoms with Gasteiger partial charge >= 0.3 is 0 Å². The van der Waals surface area contributed by atoms with Crippen LogP contribution in [0.2, 0.25) is 0 Å². The molecule has 0 saturated carbocycles. The standard InChI is InChI=1S/C26H27BrN2O8/c1-34-20-14-16(12-17(27)24(20)31)22-21(23(30)15-2-3-18-19(13-15)37-11-10-36-18)25(32)26(33)29(22)5-4-28-6-8-35-9-7-28/h2-3,12-14,22,30-31H,4-11H2,1H3. The van der Waals surface area contributed by atoms with E-state index in [0.29, 0.717) is 60.1 Å². The Balaban J connectivity index is 1.59. The van der Waals surface area contributed by atoms with Gasteiger partial charge in [-0.25, -0.2) is 0 Å². The maximum Gasteiger partial charge on any atom is 0.295 e. The molecule has 0 aliphatic carbocycles. The first-order chi connectivity index (χ1) is 17.9. The second-order valence-corrected chi connectivity index (χ2v) is 9.71. The fourth-order valence-electron chi connectivity index (χ4n) is 4.78. The number of rotatable bonds is 6. The van der Waals surface area contributed by atoms with Crippen molar-refractivity contribution in [2.24, 2.45) is 0 Å². The number of Topliss-reactive ketones (excluding diaryl/α,β-unsaturated/α-hetero) is 1. The average molecular weight is 575 g/mol. The molecule has 2 N–H and O–H groups in total. The SMILES string of the molecule is COc1cc(C2C(=C(O)c3ccc4c(c3)OCCO4)C(=O)C(=O)N2CCN2CCOCC2)cc(Br)c1O. The molecule has 0 radical (unpaired) electrons. The second kappa shape index (κ2) is 10.6. The number of benzene rings is 2. The van der Waals surface area contributed by atoms with Crippen molar-refractivity contribution in [2.75, 3.05) is 59.7 Å². The van der Waals surface area contributed by atoms with Crippen LogP contribution in [-0.4, -0.2) is 91.4 Å². The number of fused-ring (bicyclic) bond motifs is 1. The minimum Gasteiger partial charge on any atom is -0.507 e. The molecular formula is C26H27BrN2O8. The van der Waals surface area contributed by atoms with Crippen molar-refractivity contribution < 1.29 is 38.7 Å². The van der Waals surface area contributed by atoms with E-state index in [4.69, 9.17) is 18.9 Å². The van der Waals surface area contributed by atoms with Crippen LogP contribution >= 0.6 is 15.9 Å². The quantitative estimate of drug-likeness (QED) is 0.305. The molecule has 10 nitrogen and oxygen atoms in total. The Morgan fingerprint density at radius 2 is 1.78 bits per heavy atom. The zero-order valence-electron chi connectivity index (χ0n) is 20.2. The molecule has 0 spiro atoms. The van der Waals surface area contributed by atoms with Crippen molar-refractivity contribution >= 4 is 33.4 Å². The van der Waals surface area contributed by atoms with E-state index in [1.165, 1.54) is 12.0 Å². The molecule has 3 aliphatic rings. The summed E-state index contributed by atoms with van der Waals surface area (Å²) >= 11 is 3.33. The van der Waals surface area contributed by atoms with Gasteiger partial charge in [-0.2, -0.15) is 0 Å². The van der Waals surface area contributed by atoms with E-state index in [1.54, 1.807) is 30.3 Å². The van der Waals surface area contributed by atoms with Crippen LogP contribution in [0, 0.1) is 0 Å². The number of morpholine rings is 1. The maximum atomic E-state index is 13.4. The predicted molar refractivity (Wildman–Crippen MR) is 136 cm³/mol. The van der Waals surface area contributed by atoms with E-state index in [0.717, 1.165) is 13.1 Å². The summed E-state index contributed by atoms with van der Waals surface area (Å²) in [5, 5.41) is 21.7. The van der Waals surface area contributed by atoms with Crippen molar-refractivity contribution in [3.05, 3.63) is 51.5 Å². The first kappa shape index (κ1) is 25.4. The van der Waals surface area contributed by atoms with Crippen LogP contribution in [0.25, 0.3) is 5.76 Å². The van der Waals surface area contributed by atoms with Crippen LogP contribution < -0.4 is 14.2 Å². The smallest absolute Gasteiger partial charge is 0.295 e. The number of hydrogen-bond acceptors (Lipinski definition) is 9. The average Bonchev–Trinajstić information content (AvgIpc) is 3.18. The van der Waals surface area contributed by atoms with Crippen LogP contribution in [0.15, 0.2) is 40.4 Å². The molecule has 2 aromatic carbocycles. The van der Waals surface area contributed by atoms with Gasteiger partial charge in [0.15, 0.2) is 23.0 Å². The van der Waals surface area contributed by atoms with E-state index in [-0.39, 0.29) is 29.4 Å². The highest BCUT2D eigenvalue weighted by atomic mass is 79.9. The third-order valence-electron chi connectivity index (χ3n) is 6.70. The first-order valence-corrected chi connectivity index (χ1v) is 12.7. The Kier molecular flexibility index (Phi) is 7.27. The largest absolute Gasteiger partial charge is 0.507 e. The number of halogens is 1. The Morgan fingerprint density at radius 1 is 1.05 bits per heavy atom. The lowest BCUT2D eigenvalue weighted by Gasteiger charge is -2.31. The van der Waals surface area contributed by atoms with E-state index in [1.807, 2.05) is 0 Å². The Labute approximate surface area is 222 Å². The van der Waals surface area contributed by atoms with Crippen molar-refractivity contribution in [1.82, 2.24) is 9.80 Å². The zero-order valence-corrected chi connectivity index (χ0v) is 21.8. The molecule has 5 rings (SSSR count). The van der Waals surface area contributed by atoms with Gasteiger partial charge in [0.2, 0.25) is 0 Å². The number of aromatic hydroxyl groups is 1. The van der Waals surface area contributed by atoms with Crippen LogP contribution in [0.5, 0.6) is 23.0 Å². The Bertz CT molecular complexity index is 1260. The van der Waals surface area contributed by atoms with Gasteiger partial charge in [-0.1, -0.05) is 0 Å². The molecule has 1 atom stereocenters. The molecule has 196 valence electrons. The minimum atomic E-state index is -0.903. The van der Waals surface area contributed by atoms with Gasteiger partial charge in [-0.3, -0.25) is 14.5 Å². The van der Waals surface area contributed by atoms with Gasteiger partial charge in [-0.05, 0) is 51.8 Å². The summed E-state index contributed by atoms with van der Waals surface area (Å²) in [6, 6.07) is 7.15.